The molecule has 0 unspecified atom stereocenters. The fraction of sp³-hybridized carbons (Fsp3) is 0.0588. The second kappa shape index (κ2) is 4.31. The van der Waals surface area contributed by atoms with Crippen molar-refractivity contribution in [2.45, 2.75) is 6.92 Å². The Hall–Kier alpha value is -2.88. The van der Waals surface area contributed by atoms with Crippen molar-refractivity contribution in [1.82, 2.24) is 5.16 Å². The largest absolute Gasteiger partial charge is 0.422 e. The van der Waals surface area contributed by atoms with E-state index >= 15 is 0 Å². The van der Waals surface area contributed by atoms with Crippen LogP contribution in [-0.2, 0) is 0 Å². The highest BCUT2D eigenvalue weighted by atomic mass is 16.5. The molecule has 2 aromatic carbocycles. The summed E-state index contributed by atoms with van der Waals surface area (Å²) < 4.78 is 10.7. The van der Waals surface area contributed by atoms with Gasteiger partial charge in [0.25, 0.3) is 0 Å². The molecule has 0 radical (unpaired) electrons. The SMILES string of the molecule is Cc1ccc2onc(-c3cc4ccccc4oc3=O)c2c1. The molecule has 4 aromatic rings. The second-order valence-corrected chi connectivity index (χ2v) is 5.02. The van der Waals surface area contributed by atoms with Crippen LogP contribution in [0.2, 0.25) is 0 Å². The van der Waals surface area contributed by atoms with E-state index in [4.69, 9.17) is 8.94 Å². The van der Waals surface area contributed by atoms with E-state index in [0.29, 0.717) is 22.4 Å². The van der Waals surface area contributed by atoms with E-state index in [0.717, 1.165) is 16.3 Å². The van der Waals surface area contributed by atoms with Crippen LogP contribution in [0.25, 0.3) is 33.2 Å². The van der Waals surface area contributed by atoms with Gasteiger partial charge in [0, 0.05) is 5.39 Å². The lowest BCUT2D eigenvalue weighted by molar-refractivity contribution is 0.458. The van der Waals surface area contributed by atoms with E-state index in [1.54, 1.807) is 12.1 Å². The Morgan fingerprint density at radius 3 is 2.76 bits per heavy atom. The third-order valence-electron chi connectivity index (χ3n) is 3.52. The molecule has 0 aliphatic heterocycles. The van der Waals surface area contributed by atoms with E-state index in [2.05, 4.69) is 5.16 Å². The molecular weight excluding hydrogens is 266 g/mol. The number of nitrogens with zero attached hydrogens (tertiary/aromatic N) is 1. The van der Waals surface area contributed by atoms with Crippen molar-refractivity contribution in [3.05, 3.63) is 64.5 Å². The molecule has 0 amide bonds. The summed E-state index contributed by atoms with van der Waals surface area (Å²) in [6.07, 6.45) is 0. The number of benzene rings is 2. The first-order valence-electron chi connectivity index (χ1n) is 6.62. The van der Waals surface area contributed by atoms with Gasteiger partial charge in [-0.3, -0.25) is 0 Å². The Morgan fingerprint density at radius 2 is 1.86 bits per heavy atom. The fourth-order valence-electron chi connectivity index (χ4n) is 2.47. The number of para-hydroxylation sites is 1. The molecule has 2 heterocycles. The van der Waals surface area contributed by atoms with Gasteiger partial charge >= 0.3 is 5.63 Å². The van der Waals surface area contributed by atoms with Crippen LogP contribution >= 0.6 is 0 Å². The molecule has 2 aromatic heterocycles. The van der Waals surface area contributed by atoms with Crippen molar-refractivity contribution in [2.24, 2.45) is 0 Å². The summed E-state index contributed by atoms with van der Waals surface area (Å²) in [5.74, 6) is 0. The van der Waals surface area contributed by atoms with Crippen LogP contribution in [0.3, 0.4) is 0 Å². The van der Waals surface area contributed by atoms with Crippen LogP contribution in [0.1, 0.15) is 5.56 Å². The molecule has 0 saturated heterocycles. The first-order valence-corrected chi connectivity index (χ1v) is 6.62. The Bertz CT molecular complexity index is 1030. The first-order chi connectivity index (χ1) is 10.2. The van der Waals surface area contributed by atoms with Crippen molar-refractivity contribution in [3.8, 4) is 11.3 Å². The molecule has 4 nitrogen and oxygen atoms in total. The minimum atomic E-state index is -0.412. The van der Waals surface area contributed by atoms with Gasteiger partial charge in [0.05, 0.1) is 10.9 Å². The second-order valence-electron chi connectivity index (χ2n) is 5.02. The highest BCUT2D eigenvalue weighted by Gasteiger charge is 2.15. The molecule has 0 aliphatic carbocycles. The van der Waals surface area contributed by atoms with E-state index in [1.165, 1.54) is 0 Å². The third-order valence-corrected chi connectivity index (χ3v) is 3.52. The third kappa shape index (κ3) is 1.84. The molecule has 0 atom stereocenters. The maximum Gasteiger partial charge on any atom is 0.345 e. The Labute approximate surface area is 119 Å². The van der Waals surface area contributed by atoms with Gasteiger partial charge in [-0.25, -0.2) is 4.79 Å². The molecule has 102 valence electrons. The molecule has 0 saturated carbocycles. The van der Waals surface area contributed by atoms with Gasteiger partial charge in [0.15, 0.2) is 5.58 Å². The maximum absolute atomic E-state index is 12.2. The van der Waals surface area contributed by atoms with Gasteiger partial charge in [-0.2, -0.15) is 0 Å². The zero-order valence-electron chi connectivity index (χ0n) is 11.3. The van der Waals surface area contributed by atoms with Crippen molar-refractivity contribution in [3.63, 3.8) is 0 Å². The van der Waals surface area contributed by atoms with Crippen LogP contribution in [0, 0.1) is 6.92 Å². The van der Waals surface area contributed by atoms with Gasteiger partial charge in [-0.1, -0.05) is 35.0 Å². The summed E-state index contributed by atoms with van der Waals surface area (Å²) in [5.41, 5.74) is 2.83. The molecule has 4 heteroatoms. The predicted molar refractivity (Wildman–Crippen MR) is 80.2 cm³/mol. The molecule has 21 heavy (non-hydrogen) atoms. The molecule has 0 bridgehead atoms. The Balaban J connectivity index is 2.06. The highest BCUT2D eigenvalue weighted by molar-refractivity contribution is 5.93. The van der Waals surface area contributed by atoms with Crippen LogP contribution in [0.4, 0.5) is 0 Å². The fourth-order valence-corrected chi connectivity index (χ4v) is 2.47. The number of hydrogen-bond donors (Lipinski definition) is 0. The Kier molecular flexibility index (Phi) is 2.44. The van der Waals surface area contributed by atoms with Crippen LogP contribution in [0.5, 0.6) is 0 Å². The molecule has 0 N–H and O–H groups in total. The van der Waals surface area contributed by atoms with E-state index < -0.39 is 5.63 Å². The summed E-state index contributed by atoms with van der Waals surface area (Å²) in [4.78, 5) is 12.2. The summed E-state index contributed by atoms with van der Waals surface area (Å²) >= 11 is 0. The highest BCUT2D eigenvalue weighted by Crippen LogP contribution is 2.28. The molecule has 0 spiro atoms. The molecule has 4 rings (SSSR count). The molecule has 0 aliphatic rings. The topological polar surface area (TPSA) is 56.2 Å². The van der Waals surface area contributed by atoms with Crippen LogP contribution in [-0.4, -0.2) is 5.16 Å². The summed E-state index contributed by atoms with van der Waals surface area (Å²) in [5, 5.41) is 5.71. The minimum Gasteiger partial charge on any atom is -0.422 e. The number of aromatic nitrogens is 1. The average molecular weight is 277 g/mol. The summed E-state index contributed by atoms with van der Waals surface area (Å²) in [6.45, 7) is 1.99. The van der Waals surface area contributed by atoms with Crippen molar-refractivity contribution < 1.29 is 8.94 Å². The van der Waals surface area contributed by atoms with Crippen LogP contribution < -0.4 is 5.63 Å². The number of rotatable bonds is 1. The predicted octanol–water partition coefficient (Wildman–Crippen LogP) is 3.91. The molecule has 0 fully saturated rings. The number of aryl methyl sites for hydroxylation is 1. The van der Waals surface area contributed by atoms with Crippen molar-refractivity contribution in [2.75, 3.05) is 0 Å². The lowest BCUT2D eigenvalue weighted by Crippen LogP contribution is -2.02. The Morgan fingerprint density at radius 1 is 1.00 bits per heavy atom. The lowest BCUT2D eigenvalue weighted by atomic mass is 10.1. The maximum atomic E-state index is 12.2. The quantitative estimate of drug-likeness (QED) is 0.495. The standard InChI is InChI=1S/C17H11NO3/c1-10-6-7-15-12(8-10)16(18-21-15)13-9-11-4-2-3-5-14(11)20-17(13)19/h2-9H,1H3. The smallest absolute Gasteiger partial charge is 0.345 e. The van der Waals surface area contributed by atoms with E-state index in [-0.39, 0.29) is 0 Å². The lowest BCUT2D eigenvalue weighted by Gasteiger charge is -1.99. The minimum absolute atomic E-state index is 0.412. The summed E-state index contributed by atoms with van der Waals surface area (Å²) in [6, 6.07) is 14.9. The van der Waals surface area contributed by atoms with E-state index in [1.807, 2.05) is 43.3 Å². The normalized spacial score (nSPS) is 11.3. The molecular formula is C17H11NO3. The van der Waals surface area contributed by atoms with Crippen LogP contribution in [0.15, 0.2) is 62.3 Å². The van der Waals surface area contributed by atoms with Gasteiger partial charge in [-0.05, 0) is 31.2 Å². The first kappa shape index (κ1) is 11.9. The number of hydrogen-bond acceptors (Lipinski definition) is 4. The van der Waals surface area contributed by atoms with Crippen molar-refractivity contribution >= 4 is 21.9 Å². The average Bonchev–Trinajstić information content (AvgIpc) is 2.89. The zero-order valence-corrected chi connectivity index (χ0v) is 11.3. The van der Waals surface area contributed by atoms with E-state index in [9.17, 15) is 4.79 Å². The van der Waals surface area contributed by atoms with Gasteiger partial charge < -0.3 is 8.94 Å². The summed E-state index contributed by atoms with van der Waals surface area (Å²) in [7, 11) is 0. The zero-order chi connectivity index (χ0) is 14.4. The monoisotopic (exact) mass is 277 g/mol. The van der Waals surface area contributed by atoms with Gasteiger partial charge in [0.2, 0.25) is 0 Å². The van der Waals surface area contributed by atoms with Gasteiger partial charge in [-0.15, -0.1) is 0 Å². The van der Waals surface area contributed by atoms with Gasteiger partial charge in [0.1, 0.15) is 11.3 Å². The number of fused-ring (bicyclic) bond motifs is 2. The van der Waals surface area contributed by atoms with Crippen molar-refractivity contribution in [1.29, 1.82) is 0 Å².